The second-order valence-corrected chi connectivity index (χ2v) is 9.06. The van der Waals surface area contributed by atoms with Crippen molar-refractivity contribution in [3.63, 3.8) is 0 Å². The first-order chi connectivity index (χ1) is 16.6. The van der Waals surface area contributed by atoms with Gasteiger partial charge in [0.2, 0.25) is 5.91 Å². The molecule has 176 valence electrons. The highest BCUT2D eigenvalue weighted by Crippen LogP contribution is 2.18. The molecule has 34 heavy (non-hydrogen) atoms. The number of halogens is 1. The lowest BCUT2D eigenvalue weighted by Crippen LogP contribution is -2.44. The Balaban J connectivity index is 1.16. The molecule has 0 atom stereocenters. The molecule has 1 fully saturated rings. The average Bonchev–Trinajstić information content (AvgIpc) is 3.33. The topological polar surface area (TPSA) is 58.8 Å². The fourth-order valence-corrected chi connectivity index (χ4v) is 4.93. The quantitative estimate of drug-likeness (QED) is 0.454. The van der Waals surface area contributed by atoms with Crippen LogP contribution in [-0.4, -0.2) is 38.9 Å². The largest absolute Gasteiger partial charge is 0.353 e. The number of carbonyl (C=O) groups excluding carboxylic acids is 1. The molecule has 1 aliphatic heterocycles. The molecule has 0 radical (unpaired) electrons. The van der Waals surface area contributed by atoms with Crippen molar-refractivity contribution in [2.45, 2.75) is 44.8 Å². The second kappa shape index (κ2) is 9.81. The third kappa shape index (κ3) is 4.75. The van der Waals surface area contributed by atoms with E-state index in [4.69, 9.17) is 0 Å². The first-order valence-electron chi connectivity index (χ1n) is 11.9. The molecule has 1 amide bonds. The highest BCUT2D eigenvalue weighted by molar-refractivity contribution is 5.79. The summed E-state index contributed by atoms with van der Waals surface area (Å²) >= 11 is 0. The third-order valence-corrected chi connectivity index (χ3v) is 6.69. The Morgan fingerprint density at radius 1 is 0.971 bits per heavy atom. The number of likely N-dealkylation sites (tertiary alicyclic amines) is 1. The van der Waals surface area contributed by atoms with Crippen LogP contribution < -0.4 is 10.9 Å². The van der Waals surface area contributed by atoms with Gasteiger partial charge in [-0.2, -0.15) is 0 Å². The Labute approximate surface area is 197 Å². The molecule has 3 heterocycles. The molecule has 4 aromatic rings. The number of fused-ring (bicyclic) bond motifs is 3. The van der Waals surface area contributed by atoms with Gasteiger partial charge in [-0.1, -0.05) is 30.3 Å². The molecule has 5 rings (SSSR count). The van der Waals surface area contributed by atoms with Crippen molar-refractivity contribution in [2.75, 3.05) is 13.1 Å². The van der Waals surface area contributed by atoms with Crippen LogP contribution in [0.5, 0.6) is 0 Å². The van der Waals surface area contributed by atoms with Gasteiger partial charge in [-0.15, -0.1) is 0 Å². The lowest BCUT2D eigenvalue weighted by Gasteiger charge is -2.32. The van der Waals surface area contributed by atoms with Crippen LogP contribution >= 0.6 is 0 Å². The molecule has 0 bridgehead atoms. The lowest BCUT2D eigenvalue weighted by atomic mass is 10.0. The molecule has 6 nitrogen and oxygen atoms in total. The van der Waals surface area contributed by atoms with E-state index >= 15 is 0 Å². The Morgan fingerprint density at radius 3 is 2.56 bits per heavy atom. The third-order valence-electron chi connectivity index (χ3n) is 6.69. The van der Waals surface area contributed by atoms with E-state index in [1.165, 1.54) is 17.7 Å². The summed E-state index contributed by atoms with van der Waals surface area (Å²) in [6.07, 6.45) is 4.53. The molecule has 2 aromatic heterocycles. The Hall–Kier alpha value is -3.45. The molecule has 0 aliphatic carbocycles. The minimum Gasteiger partial charge on any atom is -0.353 e. The van der Waals surface area contributed by atoms with Gasteiger partial charge in [0.15, 0.2) is 0 Å². The first kappa shape index (κ1) is 22.3. The maximum absolute atomic E-state index is 13.9. The molecule has 1 N–H and O–H groups in total. The van der Waals surface area contributed by atoms with Crippen LogP contribution in [0, 0.1) is 5.82 Å². The number of rotatable bonds is 7. The van der Waals surface area contributed by atoms with Gasteiger partial charge in [-0.3, -0.25) is 14.5 Å². The molecular weight excluding hydrogens is 431 g/mol. The SMILES string of the molecule is O=C(CCCn1c(=O)c2cccn2c2ccc(F)cc21)NC1CCN(Cc2ccccc2)CC1. The number of benzene rings is 2. The van der Waals surface area contributed by atoms with Crippen molar-refractivity contribution >= 4 is 22.5 Å². The van der Waals surface area contributed by atoms with Gasteiger partial charge >= 0.3 is 0 Å². The fourth-order valence-electron chi connectivity index (χ4n) is 4.93. The van der Waals surface area contributed by atoms with Gasteiger partial charge < -0.3 is 14.3 Å². The molecule has 2 aromatic carbocycles. The predicted octanol–water partition coefficient (Wildman–Crippen LogP) is 3.95. The molecule has 1 saturated heterocycles. The number of aromatic nitrogens is 2. The normalized spacial score (nSPS) is 15.2. The van der Waals surface area contributed by atoms with E-state index in [2.05, 4.69) is 34.5 Å². The molecular formula is C27H29FN4O2. The number of carbonyl (C=O) groups is 1. The van der Waals surface area contributed by atoms with Gasteiger partial charge in [0.25, 0.3) is 5.56 Å². The average molecular weight is 461 g/mol. The van der Waals surface area contributed by atoms with E-state index in [1.807, 2.05) is 12.1 Å². The summed E-state index contributed by atoms with van der Waals surface area (Å²) in [6.45, 7) is 3.23. The maximum atomic E-state index is 13.9. The molecule has 7 heteroatoms. The monoisotopic (exact) mass is 460 g/mol. The smallest absolute Gasteiger partial charge is 0.275 e. The zero-order valence-electron chi connectivity index (χ0n) is 19.1. The zero-order valence-corrected chi connectivity index (χ0v) is 19.1. The minimum absolute atomic E-state index is 0.00816. The highest BCUT2D eigenvalue weighted by atomic mass is 19.1. The maximum Gasteiger partial charge on any atom is 0.275 e. The van der Waals surface area contributed by atoms with Crippen molar-refractivity contribution in [1.29, 1.82) is 0 Å². The van der Waals surface area contributed by atoms with Gasteiger partial charge in [0.05, 0.1) is 11.0 Å². The summed E-state index contributed by atoms with van der Waals surface area (Å²) in [5.41, 5.74) is 3.00. The van der Waals surface area contributed by atoms with Crippen LogP contribution in [0.4, 0.5) is 4.39 Å². The van der Waals surface area contributed by atoms with Crippen molar-refractivity contribution in [1.82, 2.24) is 19.2 Å². The molecule has 0 unspecified atom stereocenters. The number of aryl methyl sites for hydroxylation is 1. The van der Waals surface area contributed by atoms with E-state index in [9.17, 15) is 14.0 Å². The number of nitrogens with one attached hydrogen (secondary N) is 1. The van der Waals surface area contributed by atoms with Gasteiger partial charge in [-0.05, 0) is 55.2 Å². The molecule has 1 aliphatic rings. The van der Waals surface area contributed by atoms with Crippen LogP contribution in [0.1, 0.15) is 31.2 Å². The number of nitrogens with zero attached hydrogens (tertiary/aromatic N) is 3. The predicted molar refractivity (Wildman–Crippen MR) is 131 cm³/mol. The van der Waals surface area contributed by atoms with Crippen molar-refractivity contribution in [3.8, 4) is 0 Å². The number of amides is 1. The Bertz CT molecular complexity index is 1350. The van der Waals surface area contributed by atoms with E-state index < -0.39 is 0 Å². The number of hydrogen-bond acceptors (Lipinski definition) is 3. The standard InChI is InChI=1S/C27H29FN4O2/c28-21-10-11-23-25(18-21)32(27(34)24-8-4-14-31(23)24)15-5-9-26(33)29-22-12-16-30(17-13-22)19-20-6-2-1-3-7-20/h1-4,6-8,10-11,14,18,22H,5,9,12-13,15-17,19H2,(H,29,33). The van der Waals surface area contributed by atoms with Crippen LogP contribution in [0.15, 0.2) is 71.7 Å². The fraction of sp³-hybridized carbons (Fsp3) is 0.333. The summed E-state index contributed by atoms with van der Waals surface area (Å²) in [5, 5.41) is 3.16. The van der Waals surface area contributed by atoms with Crippen LogP contribution in [0.3, 0.4) is 0 Å². The van der Waals surface area contributed by atoms with Crippen molar-refractivity contribution in [3.05, 3.63) is 88.6 Å². The van der Waals surface area contributed by atoms with E-state index in [0.717, 1.165) is 38.0 Å². The van der Waals surface area contributed by atoms with Gasteiger partial charge in [0.1, 0.15) is 11.3 Å². The minimum atomic E-state index is -0.386. The molecule has 0 spiro atoms. The number of hydrogen-bond donors (Lipinski definition) is 1. The molecule has 0 saturated carbocycles. The van der Waals surface area contributed by atoms with Crippen LogP contribution in [0.2, 0.25) is 0 Å². The van der Waals surface area contributed by atoms with Crippen LogP contribution in [-0.2, 0) is 17.9 Å². The van der Waals surface area contributed by atoms with Crippen LogP contribution in [0.25, 0.3) is 16.6 Å². The van der Waals surface area contributed by atoms with Gasteiger partial charge in [-0.25, -0.2) is 4.39 Å². The van der Waals surface area contributed by atoms with Crippen molar-refractivity contribution < 1.29 is 9.18 Å². The van der Waals surface area contributed by atoms with Crippen molar-refractivity contribution in [2.24, 2.45) is 0 Å². The number of piperidine rings is 1. The Kier molecular flexibility index (Phi) is 6.45. The van der Waals surface area contributed by atoms with E-state index in [0.29, 0.717) is 30.4 Å². The summed E-state index contributed by atoms with van der Waals surface area (Å²) in [7, 11) is 0. The summed E-state index contributed by atoms with van der Waals surface area (Å²) < 4.78 is 17.3. The van der Waals surface area contributed by atoms with E-state index in [-0.39, 0.29) is 23.3 Å². The summed E-state index contributed by atoms with van der Waals surface area (Å²) in [4.78, 5) is 28.0. The lowest BCUT2D eigenvalue weighted by molar-refractivity contribution is -0.122. The Morgan fingerprint density at radius 2 is 1.76 bits per heavy atom. The van der Waals surface area contributed by atoms with E-state index in [1.54, 1.807) is 27.3 Å². The summed E-state index contributed by atoms with van der Waals surface area (Å²) in [6, 6.07) is 18.7. The second-order valence-electron chi connectivity index (χ2n) is 9.06. The summed E-state index contributed by atoms with van der Waals surface area (Å²) in [5.74, 6) is -0.377. The zero-order chi connectivity index (χ0) is 23.5. The van der Waals surface area contributed by atoms with Gasteiger partial charge in [0, 0.05) is 44.8 Å². The highest BCUT2D eigenvalue weighted by Gasteiger charge is 2.20. The first-order valence-corrected chi connectivity index (χ1v) is 11.9.